The van der Waals surface area contributed by atoms with Crippen molar-refractivity contribution < 1.29 is 4.42 Å². The van der Waals surface area contributed by atoms with Crippen molar-refractivity contribution in [2.75, 3.05) is 0 Å². The number of rotatable bonds is 0. The topological polar surface area (TPSA) is 35.1 Å². The molecule has 0 saturated heterocycles. The number of hydrogen-bond acceptors (Lipinski definition) is 2. The standard InChI is InChI=1S/C8H5Br2NO2/c1-11-7-5(10)2-4(9)3-6(7)13-8(11)12/h2-3H,1H3. The van der Waals surface area contributed by atoms with Gasteiger partial charge in [0.25, 0.3) is 0 Å². The van der Waals surface area contributed by atoms with Crippen LogP contribution in [0.4, 0.5) is 0 Å². The smallest absolute Gasteiger partial charge is 0.408 e. The molecule has 0 radical (unpaired) electrons. The SMILES string of the molecule is Cn1c(=O)oc2cc(Br)cc(Br)c21. The quantitative estimate of drug-likeness (QED) is 0.750. The van der Waals surface area contributed by atoms with Crippen LogP contribution in [0.15, 0.2) is 30.3 Å². The molecule has 0 atom stereocenters. The van der Waals surface area contributed by atoms with Gasteiger partial charge in [-0.25, -0.2) is 4.79 Å². The summed E-state index contributed by atoms with van der Waals surface area (Å²) < 4.78 is 8.19. The molecular formula is C8H5Br2NO2. The van der Waals surface area contributed by atoms with Gasteiger partial charge in [0.2, 0.25) is 0 Å². The lowest BCUT2D eigenvalue weighted by atomic mass is 10.3. The maximum Gasteiger partial charge on any atom is 0.419 e. The minimum Gasteiger partial charge on any atom is -0.408 e. The van der Waals surface area contributed by atoms with Crippen LogP contribution in [-0.2, 0) is 7.05 Å². The van der Waals surface area contributed by atoms with Crippen LogP contribution in [0, 0.1) is 0 Å². The molecule has 2 rings (SSSR count). The lowest BCUT2D eigenvalue weighted by Crippen LogP contribution is -2.08. The molecule has 1 aromatic carbocycles. The van der Waals surface area contributed by atoms with Crippen molar-refractivity contribution in [1.29, 1.82) is 0 Å². The summed E-state index contributed by atoms with van der Waals surface area (Å²) in [6, 6.07) is 3.64. The Balaban J connectivity index is 3.03. The number of nitrogens with zero attached hydrogens (tertiary/aromatic N) is 1. The minimum absolute atomic E-state index is 0.353. The van der Waals surface area contributed by atoms with E-state index in [2.05, 4.69) is 31.9 Å². The minimum atomic E-state index is -0.353. The monoisotopic (exact) mass is 305 g/mol. The first kappa shape index (κ1) is 9.02. The van der Waals surface area contributed by atoms with Gasteiger partial charge in [0, 0.05) is 16.0 Å². The van der Waals surface area contributed by atoms with E-state index in [0.717, 1.165) is 14.5 Å². The molecule has 0 unspecified atom stereocenters. The molecule has 2 aromatic rings. The van der Waals surface area contributed by atoms with E-state index >= 15 is 0 Å². The molecule has 0 amide bonds. The summed E-state index contributed by atoms with van der Waals surface area (Å²) in [5.41, 5.74) is 1.35. The molecule has 3 nitrogen and oxygen atoms in total. The summed E-state index contributed by atoms with van der Waals surface area (Å²) in [4.78, 5) is 11.2. The molecule has 0 N–H and O–H groups in total. The molecule has 0 fully saturated rings. The summed E-state index contributed by atoms with van der Waals surface area (Å²) >= 11 is 6.68. The highest BCUT2D eigenvalue weighted by Crippen LogP contribution is 2.27. The zero-order chi connectivity index (χ0) is 9.59. The third kappa shape index (κ3) is 1.36. The third-order valence-electron chi connectivity index (χ3n) is 1.80. The summed E-state index contributed by atoms with van der Waals surface area (Å²) in [6.45, 7) is 0. The van der Waals surface area contributed by atoms with Crippen molar-refractivity contribution in [2.45, 2.75) is 0 Å². The fourth-order valence-corrected chi connectivity index (χ4v) is 2.65. The lowest BCUT2D eigenvalue weighted by Gasteiger charge is -1.96. The van der Waals surface area contributed by atoms with Crippen LogP contribution in [-0.4, -0.2) is 4.57 Å². The van der Waals surface area contributed by atoms with Crippen molar-refractivity contribution in [3.8, 4) is 0 Å². The first-order valence-electron chi connectivity index (χ1n) is 3.54. The Hall–Kier alpha value is -0.550. The zero-order valence-corrected chi connectivity index (χ0v) is 9.85. The molecular weight excluding hydrogens is 302 g/mol. The summed E-state index contributed by atoms with van der Waals surface area (Å²) in [6.07, 6.45) is 0. The Kier molecular flexibility index (Phi) is 2.08. The highest BCUT2D eigenvalue weighted by atomic mass is 79.9. The van der Waals surface area contributed by atoms with Gasteiger partial charge in [-0.2, -0.15) is 0 Å². The molecule has 0 aliphatic heterocycles. The Labute approximate surface area is 90.6 Å². The van der Waals surface area contributed by atoms with E-state index in [1.165, 1.54) is 4.57 Å². The third-order valence-corrected chi connectivity index (χ3v) is 2.86. The van der Waals surface area contributed by atoms with Gasteiger partial charge in [-0.3, -0.25) is 4.57 Å². The highest BCUT2D eigenvalue weighted by Gasteiger charge is 2.09. The zero-order valence-electron chi connectivity index (χ0n) is 6.67. The first-order valence-corrected chi connectivity index (χ1v) is 5.13. The first-order chi connectivity index (χ1) is 6.09. The van der Waals surface area contributed by atoms with Crippen LogP contribution < -0.4 is 5.76 Å². The van der Waals surface area contributed by atoms with Crippen LogP contribution in [0.2, 0.25) is 0 Å². The number of benzene rings is 1. The van der Waals surface area contributed by atoms with Gasteiger partial charge >= 0.3 is 5.76 Å². The van der Waals surface area contributed by atoms with Crippen molar-refractivity contribution in [3.63, 3.8) is 0 Å². The fourth-order valence-electron chi connectivity index (χ4n) is 1.20. The van der Waals surface area contributed by atoms with E-state index < -0.39 is 0 Å². The van der Waals surface area contributed by atoms with Gasteiger partial charge in [0.15, 0.2) is 5.58 Å². The molecule has 13 heavy (non-hydrogen) atoms. The second-order valence-corrected chi connectivity index (χ2v) is 4.43. The number of oxazole rings is 1. The average Bonchev–Trinajstić information content (AvgIpc) is 2.27. The molecule has 68 valence electrons. The number of aryl methyl sites for hydroxylation is 1. The highest BCUT2D eigenvalue weighted by molar-refractivity contribution is 9.11. The summed E-state index contributed by atoms with van der Waals surface area (Å²) in [5, 5.41) is 0. The Bertz CT molecular complexity index is 527. The lowest BCUT2D eigenvalue weighted by molar-refractivity contribution is 0.528. The number of halogens is 2. The van der Waals surface area contributed by atoms with Crippen molar-refractivity contribution in [3.05, 3.63) is 31.6 Å². The van der Waals surface area contributed by atoms with E-state index in [1.54, 1.807) is 13.1 Å². The number of aromatic nitrogens is 1. The predicted molar refractivity (Wildman–Crippen MR) is 56.9 cm³/mol. The molecule has 0 saturated carbocycles. The van der Waals surface area contributed by atoms with Crippen LogP contribution >= 0.6 is 31.9 Å². The Morgan fingerprint density at radius 1 is 1.38 bits per heavy atom. The number of hydrogen-bond donors (Lipinski definition) is 0. The van der Waals surface area contributed by atoms with Gasteiger partial charge in [0.05, 0.1) is 0 Å². The van der Waals surface area contributed by atoms with E-state index in [0.29, 0.717) is 5.58 Å². The van der Waals surface area contributed by atoms with Gasteiger partial charge in [-0.1, -0.05) is 15.9 Å². The van der Waals surface area contributed by atoms with Crippen LogP contribution in [0.3, 0.4) is 0 Å². The van der Waals surface area contributed by atoms with Gasteiger partial charge in [-0.15, -0.1) is 0 Å². The Morgan fingerprint density at radius 3 is 2.77 bits per heavy atom. The fraction of sp³-hybridized carbons (Fsp3) is 0.125. The molecule has 0 bridgehead atoms. The second kappa shape index (κ2) is 2.99. The van der Waals surface area contributed by atoms with Crippen LogP contribution in [0.25, 0.3) is 11.1 Å². The maximum absolute atomic E-state index is 11.2. The Morgan fingerprint density at radius 2 is 2.08 bits per heavy atom. The van der Waals surface area contributed by atoms with Crippen molar-refractivity contribution in [1.82, 2.24) is 4.57 Å². The second-order valence-electron chi connectivity index (χ2n) is 2.66. The van der Waals surface area contributed by atoms with Gasteiger partial charge in [0.1, 0.15) is 5.52 Å². The normalized spacial score (nSPS) is 11.0. The average molecular weight is 307 g/mol. The molecule has 5 heteroatoms. The van der Waals surface area contributed by atoms with E-state index in [-0.39, 0.29) is 5.76 Å². The summed E-state index contributed by atoms with van der Waals surface area (Å²) in [5.74, 6) is -0.353. The van der Waals surface area contributed by atoms with Crippen LogP contribution in [0.5, 0.6) is 0 Å². The molecule has 1 aromatic heterocycles. The predicted octanol–water partition coefficient (Wildman–Crippen LogP) is 2.66. The maximum atomic E-state index is 11.2. The van der Waals surface area contributed by atoms with Gasteiger partial charge < -0.3 is 4.42 Å². The van der Waals surface area contributed by atoms with Gasteiger partial charge in [-0.05, 0) is 28.1 Å². The van der Waals surface area contributed by atoms with E-state index in [4.69, 9.17) is 4.42 Å². The largest absolute Gasteiger partial charge is 0.419 e. The molecule has 0 aliphatic rings. The van der Waals surface area contributed by atoms with E-state index in [1.807, 2.05) is 6.07 Å². The van der Waals surface area contributed by atoms with E-state index in [9.17, 15) is 4.79 Å². The number of fused-ring (bicyclic) bond motifs is 1. The molecule has 1 heterocycles. The molecule has 0 aliphatic carbocycles. The summed E-state index contributed by atoms with van der Waals surface area (Å²) in [7, 11) is 1.67. The molecule has 0 spiro atoms. The van der Waals surface area contributed by atoms with Crippen LogP contribution in [0.1, 0.15) is 0 Å². The van der Waals surface area contributed by atoms with Crippen molar-refractivity contribution >= 4 is 43.0 Å². The van der Waals surface area contributed by atoms with Crippen molar-refractivity contribution in [2.24, 2.45) is 7.05 Å².